The molecule has 1 aromatic heterocycles. The van der Waals surface area contributed by atoms with E-state index in [1.54, 1.807) is 0 Å². The zero-order valence-corrected chi connectivity index (χ0v) is 16.7. The maximum absolute atomic E-state index is 12.0. The van der Waals surface area contributed by atoms with E-state index in [0.29, 0.717) is 0 Å². The van der Waals surface area contributed by atoms with Crippen molar-refractivity contribution in [2.45, 2.75) is 24.9 Å². The number of pyridine rings is 1. The van der Waals surface area contributed by atoms with Crippen LogP contribution in [-0.2, 0) is 14.3 Å². The van der Waals surface area contributed by atoms with Crippen LogP contribution in [0.2, 0.25) is 0 Å². The van der Waals surface area contributed by atoms with Crippen molar-refractivity contribution >= 4 is 34.5 Å². The van der Waals surface area contributed by atoms with Gasteiger partial charge in [0.2, 0.25) is 0 Å². The van der Waals surface area contributed by atoms with Crippen LogP contribution in [0, 0.1) is 6.92 Å². The first-order chi connectivity index (χ1) is 13.5. The molecule has 0 radical (unpaired) electrons. The van der Waals surface area contributed by atoms with Gasteiger partial charge in [0, 0.05) is 5.39 Å². The highest BCUT2D eigenvalue weighted by Gasteiger charge is 2.12. The largest absolute Gasteiger partial charge is 0.455 e. The van der Waals surface area contributed by atoms with Crippen LogP contribution in [0.15, 0.2) is 65.7 Å². The predicted molar refractivity (Wildman–Crippen MR) is 111 cm³/mol. The van der Waals surface area contributed by atoms with Gasteiger partial charge in [0.25, 0.3) is 5.91 Å². The number of carbonyl (C=O) groups excluding carboxylic acids is 2. The molecule has 0 saturated heterocycles. The second-order valence-corrected chi connectivity index (χ2v) is 7.44. The molecule has 1 amide bonds. The molecule has 3 rings (SSSR count). The third-order valence-corrected chi connectivity index (χ3v) is 5.16. The van der Waals surface area contributed by atoms with Crippen molar-refractivity contribution in [1.29, 1.82) is 0 Å². The van der Waals surface area contributed by atoms with E-state index in [9.17, 15) is 9.59 Å². The van der Waals surface area contributed by atoms with E-state index in [4.69, 9.17) is 4.74 Å². The number of amides is 1. The van der Waals surface area contributed by atoms with Gasteiger partial charge in [0.05, 0.1) is 22.3 Å². The lowest BCUT2D eigenvalue weighted by atomic mass is 10.1. The van der Waals surface area contributed by atoms with Crippen LogP contribution in [0.1, 0.15) is 24.1 Å². The minimum Gasteiger partial charge on any atom is -0.455 e. The fourth-order valence-corrected chi connectivity index (χ4v) is 3.59. The second-order valence-electron chi connectivity index (χ2n) is 6.44. The van der Waals surface area contributed by atoms with Gasteiger partial charge >= 0.3 is 5.97 Å². The number of aryl methyl sites for hydroxylation is 1. The van der Waals surface area contributed by atoms with Gasteiger partial charge in [-0.15, -0.1) is 0 Å². The third kappa shape index (κ3) is 5.33. The van der Waals surface area contributed by atoms with Gasteiger partial charge in [-0.25, -0.2) is 4.98 Å². The zero-order chi connectivity index (χ0) is 19.9. The summed E-state index contributed by atoms with van der Waals surface area (Å²) in [5.41, 5.74) is 3.00. The number of aromatic nitrogens is 1. The molecule has 1 heterocycles. The van der Waals surface area contributed by atoms with E-state index < -0.39 is 5.97 Å². The van der Waals surface area contributed by atoms with Gasteiger partial charge in [0.15, 0.2) is 6.61 Å². The minimum absolute atomic E-state index is 0.103. The number of ether oxygens (including phenoxy) is 1. The van der Waals surface area contributed by atoms with Crippen LogP contribution >= 0.6 is 11.8 Å². The van der Waals surface area contributed by atoms with Crippen molar-refractivity contribution in [3.8, 4) is 0 Å². The number of hydrogen-bond acceptors (Lipinski definition) is 5. The fraction of sp³-hybridized carbons (Fsp3) is 0.227. The Kier molecular flexibility index (Phi) is 6.66. The van der Waals surface area contributed by atoms with Crippen molar-refractivity contribution in [3.05, 3.63) is 71.8 Å². The van der Waals surface area contributed by atoms with Gasteiger partial charge in [-0.2, -0.15) is 0 Å². The number of hydrogen-bond donors (Lipinski definition) is 1. The number of thioether (sulfide) groups is 1. The summed E-state index contributed by atoms with van der Waals surface area (Å²) in [6.07, 6.45) is 0. The molecule has 6 heteroatoms. The van der Waals surface area contributed by atoms with Crippen LogP contribution in [0.4, 0.5) is 0 Å². The predicted octanol–water partition coefficient (Wildman–Crippen LogP) is 4.06. The Labute approximate surface area is 168 Å². The normalized spacial score (nSPS) is 11.8. The smallest absolute Gasteiger partial charge is 0.316 e. The molecule has 0 saturated carbocycles. The number of fused-ring (bicyclic) bond motifs is 1. The number of rotatable bonds is 7. The molecule has 144 valence electrons. The highest BCUT2D eigenvalue weighted by atomic mass is 32.2. The van der Waals surface area contributed by atoms with E-state index in [1.807, 2.05) is 74.5 Å². The summed E-state index contributed by atoms with van der Waals surface area (Å²) >= 11 is 1.30. The Bertz CT molecular complexity index is 976. The van der Waals surface area contributed by atoms with Gasteiger partial charge in [-0.1, -0.05) is 60.3 Å². The Balaban J connectivity index is 1.46. The first kappa shape index (κ1) is 19.9. The van der Waals surface area contributed by atoms with Crippen molar-refractivity contribution < 1.29 is 14.3 Å². The van der Waals surface area contributed by atoms with E-state index in [2.05, 4.69) is 10.3 Å². The van der Waals surface area contributed by atoms with Crippen LogP contribution in [0.25, 0.3) is 10.9 Å². The number of nitrogens with zero attached hydrogens (tertiary/aromatic N) is 1. The molecule has 0 aliphatic rings. The summed E-state index contributed by atoms with van der Waals surface area (Å²) in [6, 6.07) is 19.3. The molecular formula is C22H22N2O3S. The first-order valence-corrected chi connectivity index (χ1v) is 10.0. The molecule has 0 unspecified atom stereocenters. The van der Waals surface area contributed by atoms with Crippen LogP contribution in [0.5, 0.6) is 0 Å². The van der Waals surface area contributed by atoms with Crippen molar-refractivity contribution in [2.75, 3.05) is 12.4 Å². The molecule has 0 aliphatic carbocycles. The summed E-state index contributed by atoms with van der Waals surface area (Å²) in [5, 5.41) is 4.67. The average molecular weight is 394 g/mol. The Morgan fingerprint density at radius 1 is 1.11 bits per heavy atom. The van der Waals surface area contributed by atoms with Gasteiger partial charge in [0.1, 0.15) is 0 Å². The first-order valence-electron chi connectivity index (χ1n) is 9.02. The Morgan fingerprint density at radius 2 is 1.82 bits per heavy atom. The maximum Gasteiger partial charge on any atom is 0.316 e. The highest BCUT2D eigenvalue weighted by Crippen LogP contribution is 2.23. The second kappa shape index (κ2) is 9.37. The summed E-state index contributed by atoms with van der Waals surface area (Å²) in [4.78, 5) is 28.5. The molecule has 3 aromatic rings. The molecule has 28 heavy (non-hydrogen) atoms. The molecule has 0 fully saturated rings. The lowest BCUT2D eigenvalue weighted by Crippen LogP contribution is -2.31. The molecule has 1 atom stereocenters. The van der Waals surface area contributed by atoms with Gasteiger partial charge in [-0.3, -0.25) is 9.59 Å². The molecule has 0 bridgehead atoms. The van der Waals surface area contributed by atoms with E-state index in [0.717, 1.165) is 27.1 Å². The zero-order valence-electron chi connectivity index (χ0n) is 15.8. The Morgan fingerprint density at radius 3 is 2.61 bits per heavy atom. The lowest BCUT2D eigenvalue weighted by Gasteiger charge is -2.14. The van der Waals surface area contributed by atoms with Crippen LogP contribution in [-0.4, -0.2) is 29.2 Å². The average Bonchev–Trinajstić information content (AvgIpc) is 2.71. The molecule has 1 N–H and O–H groups in total. The maximum atomic E-state index is 12.0. The number of benzene rings is 2. The van der Waals surface area contributed by atoms with Gasteiger partial charge < -0.3 is 10.1 Å². The number of para-hydroxylation sites is 1. The Hall–Kier alpha value is -2.86. The standard InChI is InChI=1S/C22H22N2O3S/c1-15-12-21(24-19-11-7-6-10-18(15)19)28-14-22(26)27-13-20(25)23-16(2)17-8-4-3-5-9-17/h3-12,16H,13-14H2,1-2H3,(H,23,25)/t16-/m1/s1. The van der Waals surface area contributed by atoms with E-state index in [-0.39, 0.29) is 24.3 Å². The number of nitrogens with one attached hydrogen (secondary N) is 1. The lowest BCUT2D eigenvalue weighted by molar-refractivity contribution is -0.146. The monoisotopic (exact) mass is 394 g/mol. The topological polar surface area (TPSA) is 68.3 Å². The van der Waals surface area contributed by atoms with Crippen molar-refractivity contribution in [3.63, 3.8) is 0 Å². The van der Waals surface area contributed by atoms with Gasteiger partial charge in [-0.05, 0) is 37.1 Å². The summed E-state index contributed by atoms with van der Waals surface area (Å²) in [5.74, 6) is -0.666. The third-order valence-electron chi connectivity index (χ3n) is 4.28. The minimum atomic E-state index is -0.444. The van der Waals surface area contributed by atoms with E-state index in [1.165, 1.54) is 11.8 Å². The van der Waals surface area contributed by atoms with Crippen LogP contribution < -0.4 is 5.32 Å². The van der Waals surface area contributed by atoms with Crippen LogP contribution in [0.3, 0.4) is 0 Å². The summed E-state index contributed by atoms with van der Waals surface area (Å²) in [6.45, 7) is 3.62. The molecule has 2 aromatic carbocycles. The number of carbonyl (C=O) groups is 2. The van der Waals surface area contributed by atoms with Crippen molar-refractivity contribution in [1.82, 2.24) is 10.3 Å². The summed E-state index contributed by atoms with van der Waals surface area (Å²) < 4.78 is 5.08. The quantitative estimate of drug-likeness (QED) is 0.484. The van der Waals surface area contributed by atoms with Crippen molar-refractivity contribution in [2.24, 2.45) is 0 Å². The molecule has 5 nitrogen and oxygen atoms in total. The fourth-order valence-electron chi connectivity index (χ4n) is 2.82. The highest BCUT2D eigenvalue weighted by molar-refractivity contribution is 7.99. The molecule has 0 spiro atoms. The van der Waals surface area contributed by atoms with E-state index >= 15 is 0 Å². The SMILES string of the molecule is Cc1cc(SCC(=O)OCC(=O)N[C@H](C)c2ccccc2)nc2ccccc12. The number of esters is 1. The molecule has 0 aliphatic heterocycles. The molecular weight excluding hydrogens is 372 g/mol. The summed E-state index contributed by atoms with van der Waals surface area (Å²) in [7, 11) is 0.